The van der Waals surface area contributed by atoms with E-state index in [4.69, 9.17) is 0 Å². The van der Waals surface area contributed by atoms with Gasteiger partial charge < -0.3 is 5.32 Å². The van der Waals surface area contributed by atoms with E-state index in [-0.39, 0.29) is 11.6 Å². The van der Waals surface area contributed by atoms with Crippen LogP contribution in [0.3, 0.4) is 0 Å². The van der Waals surface area contributed by atoms with Crippen LogP contribution in [0.25, 0.3) is 0 Å². The van der Waals surface area contributed by atoms with E-state index in [2.05, 4.69) is 5.32 Å². The third-order valence-corrected chi connectivity index (χ3v) is 2.97. The maximum Gasteiger partial charge on any atom is 0.128 e. The lowest BCUT2D eigenvalue weighted by atomic mass is 10.1. The molecule has 18 heavy (non-hydrogen) atoms. The minimum Gasteiger partial charge on any atom is -0.381 e. The van der Waals surface area contributed by atoms with E-state index in [0.717, 1.165) is 11.3 Å². The number of nitrogens with one attached hydrogen (secondary N) is 1. The monoisotopic (exact) mass is 247 g/mol. The van der Waals surface area contributed by atoms with Gasteiger partial charge in [0.2, 0.25) is 0 Å². The molecule has 94 valence electrons. The van der Waals surface area contributed by atoms with Crippen molar-refractivity contribution in [3.05, 3.63) is 64.7 Å². The summed E-state index contributed by atoms with van der Waals surface area (Å²) in [5.41, 5.74) is 2.94. The molecule has 2 aromatic rings. The minimum absolute atomic E-state index is 0.208. The van der Waals surface area contributed by atoms with Gasteiger partial charge in [0.25, 0.3) is 0 Å². The fourth-order valence-corrected chi connectivity index (χ4v) is 1.81. The molecule has 0 saturated carbocycles. The Labute approximate surface area is 105 Å². The minimum atomic E-state index is -0.227. The summed E-state index contributed by atoms with van der Waals surface area (Å²) in [4.78, 5) is 0. The van der Waals surface area contributed by atoms with Crippen molar-refractivity contribution in [3.63, 3.8) is 0 Å². The van der Waals surface area contributed by atoms with Gasteiger partial charge in [-0.3, -0.25) is 0 Å². The van der Waals surface area contributed by atoms with Gasteiger partial charge in [-0.05, 0) is 43.2 Å². The summed E-state index contributed by atoms with van der Waals surface area (Å²) >= 11 is 0. The zero-order valence-electron chi connectivity index (χ0n) is 10.4. The highest BCUT2D eigenvalue weighted by Crippen LogP contribution is 2.18. The van der Waals surface area contributed by atoms with E-state index in [1.165, 1.54) is 12.1 Å². The molecule has 0 aliphatic heterocycles. The Hall–Kier alpha value is -1.90. The number of benzene rings is 2. The molecule has 0 unspecified atom stereocenters. The summed E-state index contributed by atoms with van der Waals surface area (Å²) in [5.74, 6) is -0.434. The Morgan fingerprint density at radius 1 is 1.00 bits per heavy atom. The first-order valence-electron chi connectivity index (χ1n) is 5.82. The first-order chi connectivity index (χ1) is 8.58. The van der Waals surface area contributed by atoms with E-state index >= 15 is 0 Å². The van der Waals surface area contributed by atoms with Crippen LogP contribution in [-0.4, -0.2) is 0 Å². The molecular weight excluding hydrogens is 232 g/mol. The number of hydrogen-bond acceptors (Lipinski definition) is 1. The summed E-state index contributed by atoms with van der Waals surface area (Å²) in [7, 11) is 0. The second kappa shape index (κ2) is 5.17. The molecule has 0 aromatic heterocycles. The van der Waals surface area contributed by atoms with Crippen molar-refractivity contribution in [2.45, 2.75) is 20.4 Å². The summed E-state index contributed by atoms with van der Waals surface area (Å²) in [6, 6.07) is 9.89. The number of hydrogen-bond donors (Lipinski definition) is 1. The van der Waals surface area contributed by atoms with E-state index in [1.54, 1.807) is 32.0 Å². The Kier molecular flexibility index (Phi) is 3.60. The molecule has 2 rings (SSSR count). The SMILES string of the molecule is Cc1cc(CNc2cccc(F)c2C)ccc1F. The van der Waals surface area contributed by atoms with Gasteiger partial charge in [-0.25, -0.2) is 8.78 Å². The average molecular weight is 247 g/mol. The summed E-state index contributed by atoms with van der Waals surface area (Å²) in [6.45, 7) is 4.01. The average Bonchev–Trinajstić information content (AvgIpc) is 2.35. The molecule has 0 heterocycles. The van der Waals surface area contributed by atoms with Gasteiger partial charge in [0.15, 0.2) is 0 Å². The van der Waals surface area contributed by atoms with E-state index in [0.29, 0.717) is 17.7 Å². The molecule has 0 bridgehead atoms. The van der Waals surface area contributed by atoms with Gasteiger partial charge in [-0.2, -0.15) is 0 Å². The Morgan fingerprint density at radius 3 is 2.50 bits per heavy atom. The predicted molar refractivity (Wildman–Crippen MR) is 69.6 cm³/mol. The highest BCUT2D eigenvalue weighted by molar-refractivity contribution is 5.51. The van der Waals surface area contributed by atoms with Crippen LogP contribution in [0.15, 0.2) is 36.4 Å². The van der Waals surface area contributed by atoms with Crippen molar-refractivity contribution >= 4 is 5.69 Å². The predicted octanol–water partition coefficient (Wildman–Crippen LogP) is 4.19. The van der Waals surface area contributed by atoms with Crippen LogP contribution in [0.5, 0.6) is 0 Å². The molecular formula is C15H15F2N. The van der Waals surface area contributed by atoms with Crippen LogP contribution in [0.4, 0.5) is 14.5 Å². The quantitative estimate of drug-likeness (QED) is 0.857. The third-order valence-electron chi connectivity index (χ3n) is 2.97. The molecule has 2 aromatic carbocycles. The van der Waals surface area contributed by atoms with Crippen molar-refractivity contribution < 1.29 is 8.78 Å². The summed E-state index contributed by atoms with van der Waals surface area (Å²) < 4.78 is 26.4. The van der Waals surface area contributed by atoms with Crippen LogP contribution < -0.4 is 5.32 Å². The van der Waals surface area contributed by atoms with E-state index in [1.807, 2.05) is 6.07 Å². The molecule has 0 atom stereocenters. The van der Waals surface area contributed by atoms with Crippen LogP contribution in [0.2, 0.25) is 0 Å². The smallest absolute Gasteiger partial charge is 0.128 e. The van der Waals surface area contributed by atoms with Gasteiger partial charge in [-0.1, -0.05) is 18.2 Å². The first-order valence-corrected chi connectivity index (χ1v) is 5.82. The lowest BCUT2D eigenvalue weighted by Gasteiger charge is -2.10. The molecule has 0 radical (unpaired) electrons. The highest BCUT2D eigenvalue weighted by atomic mass is 19.1. The van der Waals surface area contributed by atoms with Gasteiger partial charge in [0.05, 0.1) is 0 Å². The van der Waals surface area contributed by atoms with Crippen molar-refractivity contribution in [1.82, 2.24) is 0 Å². The summed E-state index contributed by atoms with van der Waals surface area (Å²) in [6.07, 6.45) is 0. The Balaban J connectivity index is 2.11. The van der Waals surface area contributed by atoms with Crippen LogP contribution in [-0.2, 0) is 6.54 Å². The van der Waals surface area contributed by atoms with Crippen LogP contribution in [0.1, 0.15) is 16.7 Å². The number of aryl methyl sites for hydroxylation is 1. The maximum atomic E-state index is 13.3. The number of rotatable bonds is 3. The molecule has 0 saturated heterocycles. The molecule has 0 aliphatic carbocycles. The molecule has 0 amide bonds. The fourth-order valence-electron chi connectivity index (χ4n) is 1.81. The lowest BCUT2D eigenvalue weighted by Crippen LogP contribution is -2.02. The van der Waals surface area contributed by atoms with Gasteiger partial charge >= 0.3 is 0 Å². The molecule has 0 aliphatic rings. The second-order valence-corrected chi connectivity index (χ2v) is 4.35. The van der Waals surface area contributed by atoms with Crippen molar-refractivity contribution in [1.29, 1.82) is 0 Å². The molecule has 0 fully saturated rings. The van der Waals surface area contributed by atoms with Gasteiger partial charge in [0.1, 0.15) is 11.6 Å². The second-order valence-electron chi connectivity index (χ2n) is 4.35. The molecule has 3 heteroatoms. The maximum absolute atomic E-state index is 13.3. The van der Waals surface area contributed by atoms with Crippen molar-refractivity contribution in [3.8, 4) is 0 Å². The van der Waals surface area contributed by atoms with Gasteiger partial charge in [-0.15, -0.1) is 0 Å². The molecule has 1 N–H and O–H groups in total. The van der Waals surface area contributed by atoms with Gasteiger partial charge in [0, 0.05) is 17.8 Å². The molecule has 0 spiro atoms. The largest absolute Gasteiger partial charge is 0.381 e. The normalized spacial score (nSPS) is 10.4. The zero-order valence-corrected chi connectivity index (χ0v) is 10.4. The van der Waals surface area contributed by atoms with Crippen LogP contribution >= 0.6 is 0 Å². The standard InChI is InChI=1S/C15H15F2N/c1-10-8-12(6-7-13(10)16)9-18-15-5-3-4-14(17)11(15)2/h3-8,18H,9H2,1-2H3. The number of anilines is 1. The van der Waals surface area contributed by atoms with E-state index < -0.39 is 0 Å². The topological polar surface area (TPSA) is 12.0 Å². The summed E-state index contributed by atoms with van der Waals surface area (Å²) in [5, 5.41) is 3.15. The Bertz CT molecular complexity index is 564. The third kappa shape index (κ3) is 2.67. The van der Waals surface area contributed by atoms with Crippen molar-refractivity contribution in [2.75, 3.05) is 5.32 Å². The lowest BCUT2D eigenvalue weighted by molar-refractivity contribution is 0.617. The number of halogens is 2. The molecule has 1 nitrogen and oxygen atoms in total. The fraction of sp³-hybridized carbons (Fsp3) is 0.200. The Morgan fingerprint density at radius 2 is 1.78 bits per heavy atom. The zero-order chi connectivity index (χ0) is 13.1. The van der Waals surface area contributed by atoms with Crippen molar-refractivity contribution in [2.24, 2.45) is 0 Å². The van der Waals surface area contributed by atoms with E-state index in [9.17, 15) is 8.78 Å². The highest BCUT2D eigenvalue weighted by Gasteiger charge is 2.03. The van der Waals surface area contributed by atoms with Crippen LogP contribution in [0, 0.1) is 25.5 Å². The first kappa shape index (κ1) is 12.6.